The molecule has 0 spiro atoms. The highest BCUT2D eigenvalue weighted by atomic mass is 32.2. The highest BCUT2D eigenvalue weighted by molar-refractivity contribution is 7.90. The molecule has 5 rings (SSSR count). The molecule has 1 aliphatic heterocycles. The first kappa shape index (κ1) is 30.5. The normalized spacial score (nSPS) is 19.0. The summed E-state index contributed by atoms with van der Waals surface area (Å²) in [6.07, 6.45) is 2.05. The predicted molar refractivity (Wildman–Crippen MR) is 166 cm³/mol. The minimum atomic E-state index is -3.35. The Morgan fingerprint density at radius 1 is 1.12 bits per heavy atom. The number of ether oxygens (including phenoxy) is 2. The zero-order chi connectivity index (χ0) is 30.9. The number of hydrogen-bond donors (Lipinski definition) is 2. The quantitative estimate of drug-likeness (QED) is 0.335. The summed E-state index contributed by atoms with van der Waals surface area (Å²) in [7, 11) is -1.85. The highest BCUT2D eigenvalue weighted by Crippen LogP contribution is 2.41. The summed E-state index contributed by atoms with van der Waals surface area (Å²) < 4.78 is 52.1. The van der Waals surface area contributed by atoms with Crippen molar-refractivity contribution in [3.05, 3.63) is 48.2 Å². The molecule has 3 aromatic rings. The number of benzene rings is 2. The van der Waals surface area contributed by atoms with Gasteiger partial charge >= 0.3 is 6.09 Å². The number of halogens is 1. The van der Waals surface area contributed by atoms with Gasteiger partial charge in [-0.3, -0.25) is 0 Å². The van der Waals surface area contributed by atoms with Gasteiger partial charge in [0.1, 0.15) is 17.5 Å². The fourth-order valence-corrected chi connectivity index (χ4v) is 5.92. The van der Waals surface area contributed by atoms with Crippen LogP contribution in [0, 0.1) is 11.8 Å². The molecule has 1 saturated carbocycles. The van der Waals surface area contributed by atoms with Gasteiger partial charge in [-0.05, 0) is 76.3 Å². The number of fused-ring (bicyclic) bond motifs is 1. The van der Waals surface area contributed by atoms with Crippen molar-refractivity contribution in [1.82, 2.24) is 9.47 Å². The van der Waals surface area contributed by atoms with Crippen LogP contribution in [0.25, 0.3) is 10.9 Å². The third-order valence-corrected chi connectivity index (χ3v) is 8.62. The van der Waals surface area contributed by atoms with Crippen LogP contribution in [0.1, 0.15) is 51.8 Å². The molecule has 2 aromatic carbocycles. The third kappa shape index (κ3) is 7.19. The highest BCUT2D eigenvalue weighted by Gasteiger charge is 2.34. The van der Waals surface area contributed by atoms with Gasteiger partial charge in [-0.2, -0.15) is 0 Å². The van der Waals surface area contributed by atoms with E-state index >= 15 is 4.39 Å². The maximum Gasteiger partial charge on any atom is 0.410 e. The molecule has 2 fully saturated rings. The van der Waals surface area contributed by atoms with Crippen molar-refractivity contribution in [1.29, 1.82) is 0 Å². The van der Waals surface area contributed by atoms with Gasteiger partial charge in [0.15, 0.2) is 9.84 Å². The van der Waals surface area contributed by atoms with E-state index in [-0.39, 0.29) is 11.4 Å². The van der Waals surface area contributed by atoms with E-state index in [0.717, 1.165) is 41.4 Å². The average molecular weight is 611 g/mol. The molecule has 1 aliphatic carbocycles. The molecule has 1 saturated heterocycles. The van der Waals surface area contributed by atoms with Crippen molar-refractivity contribution >= 4 is 38.2 Å². The van der Waals surface area contributed by atoms with Crippen LogP contribution in [0.3, 0.4) is 0 Å². The van der Waals surface area contributed by atoms with Crippen LogP contribution in [-0.4, -0.2) is 74.8 Å². The first-order valence-corrected chi connectivity index (χ1v) is 16.4. The Kier molecular flexibility index (Phi) is 8.52. The van der Waals surface area contributed by atoms with Crippen LogP contribution in [0.15, 0.2) is 47.4 Å². The lowest BCUT2D eigenvalue weighted by molar-refractivity contribution is 0.0125. The third-order valence-electron chi connectivity index (χ3n) is 7.51. The van der Waals surface area contributed by atoms with Gasteiger partial charge in [0.05, 0.1) is 48.0 Å². The van der Waals surface area contributed by atoms with Crippen LogP contribution < -0.4 is 15.4 Å². The number of sulfone groups is 1. The van der Waals surface area contributed by atoms with Crippen molar-refractivity contribution in [2.45, 2.75) is 68.8 Å². The second-order valence-corrected chi connectivity index (χ2v) is 14.2. The van der Waals surface area contributed by atoms with Crippen molar-refractivity contribution < 1.29 is 27.1 Å². The van der Waals surface area contributed by atoms with E-state index < -0.39 is 33.7 Å². The summed E-state index contributed by atoms with van der Waals surface area (Å²) in [5.41, 5.74) is 2.79. The number of amides is 1. The van der Waals surface area contributed by atoms with E-state index in [1.807, 2.05) is 18.2 Å². The van der Waals surface area contributed by atoms with Gasteiger partial charge in [-0.15, -0.1) is 0 Å². The van der Waals surface area contributed by atoms with Crippen molar-refractivity contribution in [3.8, 4) is 17.6 Å². The van der Waals surface area contributed by atoms with Crippen LogP contribution in [0.5, 0.6) is 5.75 Å². The van der Waals surface area contributed by atoms with Gasteiger partial charge in [0.25, 0.3) is 0 Å². The largest absolute Gasteiger partial charge is 0.495 e. The Labute approximate surface area is 252 Å². The SMILES string of the molecule is COc1cc(S(C)(=O)=O)ccc1NCC#Cc1cc2c(N[C@@H]3CCN(C(=O)OC(C)(C)C)C[C@@H]3F)cccc2n1C1CC1. The van der Waals surface area contributed by atoms with Gasteiger partial charge in [0, 0.05) is 36.0 Å². The summed E-state index contributed by atoms with van der Waals surface area (Å²) in [5, 5.41) is 7.60. The molecule has 2 aliphatic rings. The Bertz CT molecular complexity index is 1680. The van der Waals surface area contributed by atoms with Crippen LogP contribution in [0.2, 0.25) is 0 Å². The first-order valence-electron chi connectivity index (χ1n) is 14.5. The predicted octanol–water partition coefficient (Wildman–Crippen LogP) is 5.61. The molecule has 2 heterocycles. The van der Waals surface area contributed by atoms with E-state index in [1.165, 1.54) is 24.1 Å². The maximum atomic E-state index is 15.3. The Morgan fingerprint density at radius 2 is 1.88 bits per heavy atom. The molecule has 0 radical (unpaired) electrons. The summed E-state index contributed by atoms with van der Waals surface area (Å²) in [4.78, 5) is 14.1. The van der Waals surface area contributed by atoms with Gasteiger partial charge < -0.3 is 29.6 Å². The fourth-order valence-electron chi connectivity index (χ4n) is 5.28. The molecular formula is C32H39FN4O5S. The molecule has 2 atom stereocenters. The Balaban J connectivity index is 1.31. The minimum absolute atomic E-state index is 0.0167. The van der Waals surface area contributed by atoms with Crippen molar-refractivity contribution in [2.24, 2.45) is 0 Å². The molecule has 0 unspecified atom stereocenters. The topological polar surface area (TPSA) is 102 Å². The van der Waals surface area contributed by atoms with Gasteiger partial charge in [-0.25, -0.2) is 17.6 Å². The number of likely N-dealkylation sites (tertiary alicyclic amines) is 1. The zero-order valence-corrected chi connectivity index (χ0v) is 26.1. The standard InChI is InChI=1S/C32H39FN4O5S/c1-32(2,3)42-31(38)36-17-15-27(25(33)20-36)35-26-9-6-10-29-24(26)18-22(37(29)21-11-12-21)8-7-16-34-28-14-13-23(43(5,39)40)19-30(28)41-4/h6,9-10,13-14,18-19,21,25,27,34-35H,11-12,15-17,20H2,1-5H3/t25-,27+/m0/s1. The Hall–Kier alpha value is -3.91. The van der Waals surface area contributed by atoms with Crippen LogP contribution >= 0.6 is 0 Å². The fraction of sp³-hybridized carbons (Fsp3) is 0.469. The first-order chi connectivity index (χ1) is 20.3. The number of carbonyl (C=O) groups excluding carboxylic acids is 1. The van der Waals surface area contributed by atoms with E-state index in [1.54, 1.807) is 26.8 Å². The average Bonchev–Trinajstić information content (AvgIpc) is 3.70. The second-order valence-electron chi connectivity index (χ2n) is 12.1. The summed E-state index contributed by atoms with van der Waals surface area (Å²) >= 11 is 0. The zero-order valence-electron chi connectivity index (χ0n) is 25.2. The molecule has 1 aromatic heterocycles. The minimum Gasteiger partial charge on any atom is -0.495 e. The number of aromatic nitrogens is 1. The van der Waals surface area contributed by atoms with E-state index in [2.05, 4.69) is 33.1 Å². The molecule has 1 amide bonds. The molecule has 230 valence electrons. The van der Waals surface area contributed by atoms with E-state index in [4.69, 9.17) is 9.47 Å². The lowest BCUT2D eigenvalue weighted by Gasteiger charge is -2.36. The van der Waals surface area contributed by atoms with Crippen molar-refractivity contribution in [2.75, 3.05) is 43.6 Å². The number of methoxy groups -OCH3 is 1. The van der Waals surface area contributed by atoms with Gasteiger partial charge in [0.2, 0.25) is 0 Å². The van der Waals surface area contributed by atoms with Crippen LogP contribution in [-0.2, 0) is 14.6 Å². The maximum absolute atomic E-state index is 15.3. The van der Waals surface area contributed by atoms with E-state index in [0.29, 0.717) is 37.0 Å². The summed E-state index contributed by atoms with van der Waals surface area (Å²) in [5.74, 6) is 6.91. The summed E-state index contributed by atoms with van der Waals surface area (Å²) in [6.45, 7) is 6.12. The molecule has 9 nitrogen and oxygen atoms in total. The lowest BCUT2D eigenvalue weighted by atomic mass is 10.0. The van der Waals surface area contributed by atoms with Gasteiger partial charge in [-0.1, -0.05) is 12.0 Å². The molecule has 2 N–H and O–H groups in total. The number of alkyl halides is 1. The van der Waals surface area contributed by atoms with E-state index in [9.17, 15) is 13.2 Å². The molecule has 43 heavy (non-hydrogen) atoms. The summed E-state index contributed by atoms with van der Waals surface area (Å²) in [6, 6.07) is 12.7. The second kappa shape index (κ2) is 12.0. The number of rotatable bonds is 7. The Morgan fingerprint density at radius 3 is 2.53 bits per heavy atom. The number of nitrogens with zero attached hydrogens (tertiary/aromatic N) is 2. The number of anilines is 2. The molecule has 11 heteroatoms. The smallest absolute Gasteiger partial charge is 0.410 e. The number of piperidine rings is 1. The van der Waals surface area contributed by atoms with Crippen molar-refractivity contribution in [3.63, 3.8) is 0 Å². The molecular weight excluding hydrogens is 571 g/mol. The number of hydrogen-bond acceptors (Lipinski definition) is 7. The lowest BCUT2D eigenvalue weighted by Crippen LogP contribution is -2.51. The molecule has 0 bridgehead atoms. The number of carbonyl (C=O) groups is 1. The number of nitrogens with one attached hydrogen (secondary N) is 2. The van der Waals surface area contributed by atoms with Crippen LogP contribution in [0.4, 0.5) is 20.6 Å². The monoisotopic (exact) mass is 610 g/mol.